The largest absolute Gasteiger partial charge is 0.453 e. The van der Waals surface area contributed by atoms with Gasteiger partial charge in [-0.05, 0) is 30.3 Å². The van der Waals surface area contributed by atoms with E-state index in [1.165, 1.54) is 31.3 Å². The predicted molar refractivity (Wildman–Crippen MR) is 62.9 cm³/mol. The lowest BCUT2D eigenvalue weighted by molar-refractivity contribution is 0.0962. The van der Waals surface area contributed by atoms with Crippen molar-refractivity contribution in [3.63, 3.8) is 0 Å². The van der Waals surface area contributed by atoms with E-state index in [1.54, 1.807) is 0 Å². The molecule has 1 amide bonds. The lowest BCUT2D eigenvalue weighted by atomic mass is 10.1. The molecule has 92 valence electrons. The van der Waals surface area contributed by atoms with Crippen molar-refractivity contribution < 1.29 is 18.4 Å². The van der Waals surface area contributed by atoms with Gasteiger partial charge in [0.2, 0.25) is 0 Å². The first-order valence-corrected chi connectivity index (χ1v) is 5.22. The van der Waals surface area contributed by atoms with Crippen LogP contribution in [-0.4, -0.2) is 19.2 Å². The second-order valence-electron chi connectivity index (χ2n) is 3.59. The molecule has 0 aliphatic heterocycles. The van der Waals surface area contributed by atoms with Crippen molar-refractivity contribution in [2.45, 2.75) is 0 Å². The number of hydrogen-bond donors (Lipinski definition) is 1. The van der Waals surface area contributed by atoms with Crippen LogP contribution in [-0.2, 0) is 0 Å². The molecule has 1 N–H and O–H groups in total. The molecule has 0 atom stereocenters. The molecule has 0 aliphatic carbocycles. The van der Waals surface area contributed by atoms with E-state index in [-0.39, 0.29) is 28.6 Å². The summed E-state index contributed by atoms with van der Waals surface area (Å²) in [4.78, 5) is 21.8. The van der Waals surface area contributed by atoms with Crippen molar-refractivity contribution in [3.8, 4) is 11.3 Å². The van der Waals surface area contributed by atoms with E-state index < -0.39 is 5.82 Å². The quantitative estimate of drug-likeness (QED) is 0.846. The third kappa shape index (κ3) is 2.15. The number of nitrogens with one attached hydrogen (secondary N) is 1. The van der Waals surface area contributed by atoms with Crippen molar-refractivity contribution in [3.05, 3.63) is 47.5 Å². The molecule has 18 heavy (non-hydrogen) atoms. The molecule has 4 nitrogen and oxygen atoms in total. The molecular formula is C13H10FNO3. The molecule has 1 aromatic carbocycles. The van der Waals surface area contributed by atoms with Crippen LogP contribution in [0.5, 0.6) is 0 Å². The number of hydrogen-bond acceptors (Lipinski definition) is 3. The highest BCUT2D eigenvalue weighted by atomic mass is 19.1. The molecule has 0 spiro atoms. The SMILES string of the molecule is CNC(=O)c1ccc(-c2ccc(C=O)o2)c(F)c1. The van der Waals surface area contributed by atoms with Crippen LogP contribution in [0.25, 0.3) is 11.3 Å². The number of aldehydes is 1. The average molecular weight is 247 g/mol. The maximum absolute atomic E-state index is 13.8. The van der Waals surface area contributed by atoms with E-state index in [1.807, 2.05) is 0 Å². The zero-order valence-corrected chi connectivity index (χ0v) is 9.57. The van der Waals surface area contributed by atoms with Gasteiger partial charge in [-0.15, -0.1) is 0 Å². The van der Waals surface area contributed by atoms with Gasteiger partial charge < -0.3 is 9.73 Å². The number of furan rings is 1. The number of halogens is 1. The minimum absolute atomic E-state index is 0.125. The van der Waals surface area contributed by atoms with Crippen LogP contribution in [0, 0.1) is 5.82 Å². The molecule has 2 aromatic rings. The average Bonchev–Trinajstić information content (AvgIpc) is 2.86. The van der Waals surface area contributed by atoms with E-state index in [0.717, 1.165) is 6.07 Å². The summed E-state index contributed by atoms with van der Waals surface area (Å²) in [5.41, 5.74) is 0.427. The van der Waals surface area contributed by atoms with Crippen LogP contribution < -0.4 is 5.32 Å². The number of amides is 1. The molecule has 1 heterocycles. The molecule has 0 fully saturated rings. The fourth-order valence-corrected chi connectivity index (χ4v) is 1.56. The van der Waals surface area contributed by atoms with Gasteiger partial charge in [0, 0.05) is 12.6 Å². The highest BCUT2D eigenvalue weighted by Gasteiger charge is 2.12. The Balaban J connectivity index is 2.40. The maximum Gasteiger partial charge on any atom is 0.251 e. The van der Waals surface area contributed by atoms with Gasteiger partial charge in [-0.25, -0.2) is 4.39 Å². The van der Waals surface area contributed by atoms with Gasteiger partial charge in [-0.1, -0.05) is 0 Å². The van der Waals surface area contributed by atoms with Gasteiger partial charge in [-0.2, -0.15) is 0 Å². The second-order valence-corrected chi connectivity index (χ2v) is 3.59. The first-order valence-electron chi connectivity index (χ1n) is 5.22. The zero-order chi connectivity index (χ0) is 13.1. The fourth-order valence-electron chi connectivity index (χ4n) is 1.56. The van der Waals surface area contributed by atoms with Gasteiger partial charge in [-0.3, -0.25) is 9.59 Å². The Morgan fingerprint density at radius 2 is 2.11 bits per heavy atom. The Morgan fingerprint density at radius 3 is 2.67 bits per heavy atom. The fraction of sp³-hybridized carbons (Fsp3) is 0.0769. The van der Waals surface area contributed by atoms with Crippen molar-refractivity contribution in [2.24, 2.45) is 0 Å². The minimum Gasteiger partial charge on any atom is -0.453 e. The summed E-state index contributed by atoms with van der Waals surface area (Å²) in [5.74, 6) is -0.575. The Hall–Kier alpha value is -2.43. The summed E-state index contributed by atoms with van der Waals surface area (Å²) < 4.78 is 18.9. The van der Waals surface area contributed by atoms with Crippen LogP contribution in [0.3, 0.4) is 0 Å². The van der Waals surface area contributed by atoms with Gasteiger partial charge in [0.1, 0.15) is 11.6 Å². The first-order chi connectivity index (χ1) is 8.65. The smallest absolute Gasteiger partial charge is 0.251 e. The van der Waals surface area contributed by atoms with Gasteiger partial charge in [0.05, 0.1) is 5.56 Å². The highest BCUT2D eigenvalue weighted by molar-refractivity contribution is 5.94. The van der Waals surface area contributed by atoms with Gasteiger partial charge in [0.25, 0.3) is 5.91 Å². The number of rotatable bonds is 3. The minimum atomic E-state index is -0.581. The van der Waals surface area contributed by atoms with Crippen LogP contribution in [0.1, 0.15) is 20.9 Å². The van der Waals surface area contributed by atoms with E-state index in [0.29, 0.717) is 6.29 Å². The Labute approximate surface area is 102 Å². The van der Waals surface area contributed by atoms with Crippen LogP contribution >= 0.6 is 0 Å². The number of carbonyl (C=O) groups excluding carboxylic acids is 2. The molecule has 0 radical (unpaired) electrons. The molecule has 0 unspecified atom stereocenters. The van der Waals surface area contributed by atoms with Crippen molar-refractivity contribution in [1.29, 1.82) is 0 Å². The van der Waals surface area contributed by atoms with E-state index >= 15 is 0 Å². The van der Waals surface area contributed by atoms with Crippen molar-refractivity contribution >= 4 is 12.2 Å². The lowest BCUT2D eigenvalue weighted by Gasteiger charge is -2.03. The normalized spacial score (nSPS) is 10.1. The Morgan fingerprint density at radius 1 is 1.33 bits per heavy atom. The monoisotopic (exact) mass is 247 g/mol. The molecule has 0 saturated carbocycles. The molecule has 5 heteroatoms. The summed E-state index contributed by atoms with van der Waals surface area (Å²) in [5, 5.41) is 2.41. The second kappa shape index (κ2) is 4.83. The molecule has 1 aromatic heterocycles. The van der Waals surface area contributed by atoms with Gasteiger partial charge in [0.15, 0.2) is 12.0 Å². The number of carbonyl (C=O) groups is 2. The van der Waals surface area contributed by atoms with Crippen molar-refractivity contribution in [1.82, 2.24) is 5.32 Å². The summed E-state index contributed by atoms with van der Waals surface area (Å²) in [7, 11) is 1.47. The van der Waals surface area contributed by atoms with Crippen LogP contribution in [0.15, 0.2) is 34.7 Å². The molecular weight excluding hydrogens is 237 g/mol. The molecule has 0 aliphatic rings. The third-order valence-electron chi connectivity index (χ3n) is 2.47. The summed E-state index contributed by atoms with van der Waals surface area (Å²) in [6.45, 7) is 0. The van der Waals surface area contributed by atoms with Crippen molar-refractivity contribution in [2.75, 3.05) is 7.05 Å². The first kappa shape index (κ1) is 12.0. The number of benzene rings is 1. The Kier molecular flexibility index (Phi) is 3.23. The van der Waals surface area contributed by atoms with Crippen LogP contribution in [0.4, 0.5) is 4.39 Å². The van der Waals surface area contributed by atoms with E-state index in [2.05, 4.69) is 5.32 Å². The molecule has 0 bridgehead atoms. The molecule has 2 rings (SSSR count). The van der Waals surface area contributed by atoms with Gasteiger partial charge >= 0.3 is 0 Å². The lowest BCUT2D eigenvalue weighted by Crippen LogP contribution is -2.17. The molecule has 0 saturated heterocycles. The highest BCUT2D eigenvalue weighted by Crippen LogP contribution is 2.25. The standard InChI is InChI=1S/C13H10FNO3/c1-15-13(17)8-2-4-10(11(14)6-8)12-5-3-9(7-16)18-12/h2-7H,1H3,(H,15,17). The zero-order valence-electron chi connectivity index (χ0n) is 9.57. The topological polar surface area (TPSA) is 59.3 Å². The summed E-state index contributed by atoms with van der Waals surface area (Å²) >= 11 is 0. The maximum atomic E-state index is 13.8. The van der Waals surface area contributed by atoms with E-state index in [9.17, 15) is 14.0 Å². The summed E-state index contributed by atoms with van der Waals surface area (Å²) in [6, 6.07) is 7.00. The predicted octanol–water partition coefficient (Wildman–Crippen LogP) is 2.26. The summed E-state index contributed by atoms with van der Waals surface area (Å²) in [6.07, 6.45) is 0.542. The van der Waals surface area contributed by atoms with Crippen LogP contribution in [0.2, 0.25) is 0 Å². The van der Waals surface area contributed by atoms with E-state index in [4.69, 9.17) is 4.42 Å². The third-order valence-corrected chi connectivity index (χ3v) is 2.47. The Bertz CT molecular complexity index is 604.